The molecule has 0 saturated heterocycles. The van der Waals surface area contributed by atoms with Crippen molar-refractivity contribution in [2.75, 3.05) is 0 Å². The Balaban J connectivity index is 0. The van der Waals surface area contributed by atoms with Crippen LogP contribution in [0.4, 0.5) is 0 Å². The van der Waals surface area contributed by atoms with Crippen molar-refractivity contribution in [3.8, 4) is 0 Å². The normalized spacial score (nSPS) is 0. The second-order valence-corrected chi connectivity index (χ2v) is 0. The molecule has 10 heavy (non-hydrogen) atoms. The number of halogens is 8. The van der Waals surface area contributed by atoms with Gasteiger partial charge in [-0.2, -0.15) is 0 Å². The summed E-state index contributed by atoms with van der Waals surface area (Å²) in [7, 11) is 0. The number of hydrogen-bond donors (Lipinski definition) is 0. The zero-order valence-electron chi connectivity index (χ0n) is 4.02. The Morgan fingerprint density at radius 3 is 0.300 bits per heavy atom. The van der Waals surface area contributed by atoms with E-state index in [1.165, 1.54) is 0 Å². The van der Waals surface area contributed by atoms with Gasteiger partial charge >= 0.3 is 52.0 Å². The average molecular weight is 553 g/mol. The van der Waals surface area contributed by atoms with E-state index >= 15 is 0 Å². The van der Waals surface area contributed by atoms with Gasteiger partial charge in [0.05, 0.1) is 0 Å². The fourth-order valence-corrected chi connectivity index (χ4v) is 0. The molecule has 0 saturated carbocycles. The summed E-state index contributed by atoms with van der Waals surface area (Å²) < 4.78 is 0. The SMILES string of the molecule is [Cl-].[Cl-].[Cl-].[Cl-].[Cl-].[Cl-].[Cl-].[Cl-].[Hf+4].[Zr+4]. The molecule has 10 heteroatoms. The molecule has 0 radical (unpaired) electrons. The topological polar surface area (TPSA) is 0 Å². The molecule has 0 heterocycles. The van der Waals surface area contributed by atoms with Crippen LogP contribution in [0, 0.1) is 0 Å². The fourth-order valence-electron chi connectivity index (χ4n) is 0. The molecule has 64 valence electrons. The van der Waals surface area contributed by atoms with Crippen LogP contribution in [-0.2, 0) is 52.0 Å². The minimum atomic E-state index is 0. The van der Waals surface area contributed by atoms with Crippen molar-refractivity contribution in [2.45, 2.75) is 0 Å². The van der Waals surface area contributed by atoms with E-state index in [0.717, 1.165) is 0 Å². The van der Waals surface area contributed by atoms with Gasteiger partial charge < -0.3 is 99.3 Å². The Bertz CT molecular complexity index is 9.22. The Kier molecular flexibility index (Phi) is 1670. The first-order valence-corrected chi connectivity index (χ1v) is 0. The van der Waals surface area contributed by atoms with Gasteiger partial charge in [-0.3, -0.25) is 0 Å². The van der Waals surface area contributed by atoms with Gasteiger partial charge in [0.2, 0.25) is 0 Å². The van der Waals surface area contributed by atoms with E-state index in [4.69, 9.17) is 0 Å². The second-order valence-electron chi connectivity index (χ2n) is 0. The van der Waals surface area contributed by atoms with Crippen molar-refractivity contribution >= 4 is 0 Å². The summed E-state index contributed by atoms with van der Waals surface area (Å²) in [5.41, 5.74) is 0. The van der Waals surface area contributed by atoms with E-state index in [1.807, 2.05) is 0 Å². The molecule has 0 unspecified atom stereocenters. The molecule has 0 aromatic carbocycles. The van der Waals surface area contributed by atoms with Crippen LogP contribution in [0.15, 0.2) is 0 Å². The van der Waals surface area contributed by atoms with E-state index < -0.39 is 0 Å². The van der Waals surface area contributed by atoms with E-state index in [-0.39, 0.29) is 151 Å². The average Bonchev–Trinajstić information content (AvgIpc) is 0. The summed E-state index contributed by atoms with van der Waals surface area (Å²) in [6.45, 7) is 0. The van der Waals surface area contributed by atoms with E-state index in [0.29, 0.717) is 0 Å². The molecule has 0 aromatic heterocycles. The molecule has 0 aromatic rings. The van der Waals surface area contributed by atoms with Crippen LogP contribution in [0.5, 0.6) is 0 Å². The summed E-state index contributed by atoms with van der Waals surface area (Å²) >= 11 is 0. The quantitative estimate of drug-likeness (QED) is 0.262. The van der Waals surface area contributed by atoms with Gasteiger partial charge in [-0.1, -0.05) is 0 Å². The molecular weight excluding hydrogens is 553 g/mol. The zero-order valence-corrected chi connectivity index (χ0v) is 16.1. The van der Waals surface area contributed by atoms with Crippen LogP contribution >= 0.6 is 0 Å². The molecule has 0 rings (SSSR count). The van der Waals surface area contributed by atoms with Gasteiger partial charge in [-0.05, 0) is 0 Å². The van der Waals surface area contributed by atoms with Gasteiger partial charge in [0.1, 0.15) is 0 Å². The first kappa shape index (κ1) is 145. The number of rotatable bonds is 0. The largest absolute Gasteiger partial charge is 4.00 e. The minimum Gasteiger partial charge on any atom is -1.00 e. The second kappa shape index (κ2) is 115. The Hall–Kier alpha value is 4.07. The summed E-state index contributed by atoms with van der Waals surface area (Å²) in [5, 5.41) is 0. The zero-order chi connectivity index (χ0) is 0. The van der Waals surface area contributed by atoms with Crippen molar-refractivity contribution in [3.05, 3.63) is 0 Å². The monoisotopic (exact) mass is 550 g/mol. The number of hydrogen-bond acceptors (Lipinski definition) is 0. The standard InChI is InChI=1S/8ClH.Hf.Zr/h8*1H;;/q;;;;;;;;2*+4/p-8. The first-order chi connectivity index (χ1) is 0. The van der Waals surface area contributed by atoms with Gasteiger partial charge in [0, 0.05) is 0 Å². The molecule has 0 bridgehead atoms. The van der Waals surface area contributed by atoms with Crippen LogP contribution in [-0.4, -0.2) is 0 Å². The summed E-state index contributed by atoms with van der Waals surface area (Å²) in [6.07, 6.45) is 0. The van der Waals surface area contributed by atoms with Crippen molar-refractivity contribution in [2.24, 2.45) is 0 Å². The Morgan fingerprint density at radius 2 is 0.300 bits per heavy atom. The maximum absolute atomic E-state index is 0. The molecule has 0 aliphatic heterocycles. The minimum absolute atomic E-state index is 0. The Morgan fingerprint density at radius 1 is 0.300 bits per heavy atom. The van der Waals surface area contributed by atoms with E-state index in [1.54, 1.807) is 0 Å². The third kappa shape index (κ3) is 89.2. The summed E-state index contributed by atoms with van der Waals surface area (Å²) in [6, 6.07) is 0. The van der Waals surface area contributed by atoms with Gasteiger partial charge in [0.25, 0.3) is 0 Å². The molecule has 0 atom stereocenters. The van der Waals surface area contributed by atoms with Crippen LogP contribution < -0.4 is 99.3 Å². The van der Waals surface area contributed by atoms with Gasteiger partial charge in [-0.15, -0.1) is 0 Å². The molecule has 0 aliphatic carbocycles. The maximum atomic E-state index is 0. The van der Waals surface area contributed by atoms with Crippen molar-refractivity contribution < 1.29 is 151 Å². The van der Waals surface area contributed by atoms with Crippen LogP contribution in [0.25, 0.3) is 0 Å². The molecular formula is Cl8HfZr. The molecule has 0 aliphatic rings. The van der Waals surface area contributed by atoms with E-state index in [9.17, 15) is 0 Å². The fraction of sp³-hybridized carbons (Fsp3) is 0. The third-order valence-corrected chi connectivity index (χ3v) is 0. The Labute approximate surface area is 149 Å². The predicted molar refractivity (Wildman–Crippen MR) is 0 cm³/mol. The van der Waals surface area contributed by atoms with Crippen LogP contribution in [0.2, 0.25) is 0 Å². The summed E-state index contributed by atoms with van der Waals surface area (Å²) in [5.74, 6) is 0. The molecule has 0 amide bonds. The summed E-state index contributed by atoms with van der Waals surface area (Å²) in [4.78, 5) is 0. The maximum Gasteiger partial charge on any atom is 4.00 e. The molecule has 0 spiro atoms. The van der Waals surface area contributed by atoms with Crippen molar-refractivity contribution in [3.63, 3.8) is 0 Å². The smallest absolute Gasteiger partial charge is 1.00 e. The molecule has 0 nitrogen and oxygen atoms in total. The van der Waals surface area contributed by atoms with Crippen LogP contribution in [0.1, 0.15) is 0 Å². The molecule has 0 N–H and O–H groups in total. The van der Waals surface area contributed by atoms with Crippen LogP contribution in [0.3, 0.4) is 0 Å². The van der Waals surface area contributed by atoms with Gasteiger partial charge in [0.15, 0.2) is 0 Å². The van der Waals surface area contributed by atoms with Crippen molar-refractivity contribution in [1.82, 2.24) is 0 Å². The first-order valence-electron chi connectivity index (χ1n) is 0. The van der Waals surface area contributed by atoms with E-state index in [2.05, 4.69) is 0 Å². The van der Waals surface area contributed by atoms with Gasteiger partial charge in [-0.25, -0.2) is 0 Å². The molecule has 0 fully saturated rings. The third-order valence-electron chi connectivity index (χ3n) is 0. The van der Waals surface area contributed by atoms with Crippen molar-refractivity contribution in [1.29, 1.82) is 0 Å². The predicted octanol–water partition coefficient (Wildman–Crippen LogP) is -24.0.